The van der Waals surface area contributed by atoms with Gasteiger partial charge in [0.2, 0.25) is 5.91 Å². The van der Waals surface area contributed by atoms with Crippen molar-refractivity contribution in [1.82, 2.24) is 10.6 Å². The van der Waals surface area contributed by atoms with E-state index in [-0.39, 0.29) is 36.6 Å². The number of carbonyl (C=O) groups excluding carboxylic acids is 1. The molecule has 0 saturated carbocycles. The number of halogens is 3. The molecule has 2 N–H and O–H groups in total. The van der Waals surface area contributed by atoms with Gasteiger partial charge in [-0.3, -0.25) is 10.1 Å². The van der Waals surface area contributed by atoms with Gasteiger partial charge in [0.25, 0.3) is 5.92 Å². The van der Waals surface area contributed by atoms with Gasteiger partial charge in [-0.05, 0) is 19.3 Å². The van der Waals surface area contributed by atoms with Crippen molar-refractivity contribution in [3.05, 3.63) is 0 Å². The lowest BCUT2D eigenvalue weighted by Gasteiger charge is -2.22. The highest BCUT2D eigenvalue weighted by molar-refractivity contribution is 5.85. The van der Waals surface area contributed by atoms with E-state index in [9.17, 15) is 13.6 Å². The van der Waals surface area contributed by atoms with Gasteiger partial charge in [0.15, 0.2) is 0 Å². The maximum Gasteiger partial charge on any atom is 0.262 e. The molecule has 0 aromatic carbocycles. The molecule has 3 saturated heterocycles. The second kappa shape index (κ2) is 4.90. The van der Waals surface area contributed by atoms with Crippen molar-refractivity contribution < 1.29 is 18.3 Å². The van der Waals surface area contributed by atoms with E-state index in [1.54, 1.807) is 0 Å². The number of alkyl halides is 2. The smallest absolute Gasteiger partial charge is 0.262 e. The molecule has 3 aliphatic rings. The van der Waals surface area contributed by atoms with Crippen LogP contribution in [-0.4, -0.2) is 42.7 Å². The van der Waals surface area contributed by atoms with Gasteiger partial charge in [0.05, 0.1) is 30.8 Å². The summed E-state index contributed by atoms with van der Waals surface area (Å²) in [6, 6.07) is -0.749. The Balaban J connectivity index is 0.00000120. The molecule has 3 fully saturated rings. The topological polar surface area (TPSA) is 50.4 Å². The largest absolute Gasteiger partial charge is 0.373 e. The molecular weight excluding hydrogens is 266 g/mol. The molecular formula is C11H17ClF2N2O2. The fourth-order valence-corrected chi connectivity index (χ4v) is 2.97. The molecule has 0 spiro atoms. The molecule has 3 heterocycles. The maximum absolute atomic E-state index is 13.0. The summed E-state index contributed by atoms with van der Waals surface area (Å²) in [5, 5.41) is 5.39. The zero-order valence-electron chi connectivity index (χ0n) is 9.83. The van der Waals surface area contributed by atoms with Crippen molar-refractivity contribution in [2.75, 3.05) is 6.54 Å². The minimum atomic E-state index is -2.76. The van der Waals surface area contributed by atoms with Gasteiger partial charge in [0.1, 0.15) is 0 Å². The van der Waals surface area contributed by atoms with E-state index < -0.39 is 24.9 Å². The molecule has 3 rings (SSSR count). The normalized spacial score (nSPS) is 40.6. The van der Waals surface area contributed by atoms with Crippen LogP contribution in [0.5, 0.6) is 0 Å². The van der Waals surface area contributed by atoms with Crippen molar-refractivity contribution in [2.45, 2.75) is 55.9 Å². The Hall–Kier alpha value is -0.460. The Morgan fingerprint density at radius 2 is 2.17 bits per heavy atom. The van der Waals surface area contributed by atoms with Gasteiger partial charge in [-0.2, -0.15) is 0 Å². The Bertz CT molecular complexity index is 343. The summed E-state index contributed by atoms with van der Waals surface area (Å²) in [6.07, 6.45) is 2.77. The third-order valence-electron chi connectivity index (χ3n) is 3.86. The lowest BCUT2D eigenvalue weighted by atomic mass is 9.95. The molecule has 104 valence electrons. The predicted octanol–water partition coefficient (Wildman–Crippen LogP) is 0.841. The van der Waals surface area contributed by atoms with Crippen LogP contribution in [0.1, 0.15) is 25.7 Å². The van der Waals surface area contributed by atoms with Gasteiger partial charge in [-0.1, -0.05) is 0 Å². The van der Waals surface area contributed by atoms with Gasteiger partial charge in [-0.25, -0.2) is 8.78 Å². The van der Waals surface area contributed by atoms with E-state index >= 15 is 0 Å². The van der Waals surface area contributed by atoms with Crippen LogP contribution in [-0.2, 0) is 9.53 Å². The van der Waals surface area contributed by atoms with Crippen LogP contribution in [0.25, 0.3) is 0 Å². The molecule has 4 nitrogen and oxygen atoms in total. The number of nitrogens with one attached hydrogen (secondary N) is 2. The highest BCUT2D eigenvalue weighted by Crippen LogP contribution is 2.34. The first-order valence-corrected chi connectivity index (χ1v) is 6.10. The number of rotatable bonds is 2. The first kappa shape index (κ1) is 14.0. The Labute approximate surface area is 110 Å². The molecule has 18 heavy (non-hydrogen) atoms. The lowest BCUT2D eigenvalue weighted by Crippen LogP contribution is -2.48. The highest BCUT2D eigenvalue weighted by atomic mass is 35.5. The summed E-state index contributed by atoms with van der Waals surface area (Å²) in [5.74, 6) is -3.07. The second-order valence-electron chi connectivity index (χ2n) is 5.22. The molecule has 0 aromatic heterocycles. The van der Waals surface area contributed by atoms with E-state index in [1.807, 2.05) is 0 Å². The predicted molar refractivity (Wildman–Crippen MR) is 63.0 cm³/mol. The monoisotopic (exact) mass is 282 g/mol. The van der Waals surface area contributed by atoms with Crippen LogP contribution in [0, 0.1) is 0 Å². The molecule has 1 unspecified atom stereocenters. The number of fused-ring (bicyclic) bond motifs is 2. The summed E-state index contributed by atoms with van der Waals surface area (Å²) >= 11 is 0. The summed E-state index contributed by atoms with van der Waals surface area (Å²) < 4.78 is 31.5. The minimum absolute atomic E-state index is 0. The maximum atomic E-state index is 13.0. The molecule has 0 radical (unpaired) electrons. The van der Waals surface area contributed by atoms with Gasteiger partial charge < -0.3 is 10.1 Å². The van der Waals surface area contributed by atoms with Crippen LogP contribution < -0.4 is 10.6 Å². The van der Waals surface area contributed by atoms with Crippen molar-refractivity contribution >= 4 is 18.3 Å². The zero-order valence-corrected chi connectivity index (χ0v) is 10.6. The van der Waals surface area contributed by atoms with Crippen LogP contribution in [0.3, 0.4) is 0 Å². The molecule has 0 aliphatic carbocycles. The molecule has 4 atom stereocenters. The number of hydrogen-bond acceptors (Lipinski definition) is 3. The molecule has 7 heteroatoms. The third kappa shape index (κ3) is 2.60. The second-order valence-corrected chi connectivity index (χ2v) is 5.22. The fraction of sp³-hybridized carbons (Fsp3) is 0.909. The van der Waals surface area contributed by atoms with Gasteiger partial charge >= 0.3 is 0 Å². The average molecular weight is 283 g/mol. The SMILES string of the molecule is Cl.O=C(N[C@@H]1C[C@H]2CC[C@@H]1O2)C1CC(F)(F)CN1. The standard InChI is InChI=1S/C11H16F2N2O2.ClH/c12-11(13)4-8(14-5-11)10(16)15-7-3-6-1-2-9(7)17-6;/h6-9,14H,1-5H2,(H,15,16);1H/t6-,7-,8?,9+;/m1./s1. The first-order valence-electron chi connectivity index (χ1n) is 6.10. The van der Waals surface area contributed by atoms with Crippen LogP contribution in [0.4, 0.5) is 8.78 Å². The van der Waals surface area contributed by atoms with Crippen molar-refractivity contribution in [3.8, 4) is 0 Å². The molecule has 1 amide bonds. The van der Waals surface area contributed by atoms with E-state index in [0.29, 0.717) is 0 Å². The summed E-state index contributed by atoms with van der Waals surface area (Å²) in [5.41, 5.74) is 0. The lowest BCUT2D eigenvalue weighted by molar-refractivity contribution is -0.124. The Morgan fingerprint density at radius 1 is 1.39 bits per heavy atom. The van der Waals surface area contributed by atoms with E-state index in [1.165, 1.54) is 0 Å². The number of carbonyl (C=O) groups is 1. The quantitative estimate of drug-likeness (QED) is 0.789. The zero-order chi connectivity index (χ0) is 12.0. The number of amides is 1. The van der Waals surface area contributed by atoms with E-state index in [4.69, 9.17) is 4.74 Å². The molecule has 0 aromatic rings. The van der Waals surface area contributed by atoms with E-state index in [2.05, 4.69) is 10.6 Å². The Morgan fingerprint density at radius 3 is 2.67 bits per heavy atom. The minimum Gasteiger partial charge on any atom is -0.373 e. The Kier molecular flexibility index (Phi) is 3.80. The fourth-order valence-electron chi connectivity index (χ4n) is 2.97. The van der Waals surface area contributed by atoms with Crippen LogP contribution in [0.2, 0.25) is 0 Å². The van der Waals surface area contributed by atoms with Gasteiger partial charge in [0, 0.05) is 6.42 Å². The molecule has 3 aliphatic heterocycles. The number of ether oxygens (including phenoxy) is 1. The molecule has 2 bridgehead atoms. The van der Waals surface area contributed by atoms with Crippen molar-refractivity contribution in [3.63, 3.8) is 0 Å². The summed E-state index contributed by atoms with van der Waals surface area (Å²) in [4.78, 5) is 11.8. The van der Waals surface area contributed by atoms with Crippen molar-refractivity contribution in [2.24, 2.45) is 0 Å². The van der Waals surface area contributed by atoms with E-state index in [0.717, 1.165) is 19.3 Å². The third-order valence-corrected chi connectivity index (χ3v) is 3.86. The van der Waals surface area contributed by atoms with Gasteiger partial charge in [-0.15, -0.1) is 12.4 Å². The van der Waals surface area contributed by atoms with Crippen molar-refractivity contribution in [1.29, 1.82) is 0 Å². The summed E-state index contributed by atoms with van der Waals surface area (Å²) in [6.45, 7) is -0.404. The van der Waals surface area contributed by atoms with Crippen LogP contribution >= 0.6 is 12.4 Å². The average Bonchev–Trinajstić information content (AvgIpc) is 2.92. The number of hydrogen-bond donors (Lipinski definition) is 2. The summed E-state index contributed by atoms with van der Waals surface area (Å²) in [7, 11) is 0. The highest BCUT2D eigenvalue weighted by Gasteiger charge is 2.45. The van der Waals surface area contributed by atoms with Crippen LogP contribution in [0.15, 0.2) is 0 Å². The first-order chi connectivity index (χ1) is 8.03.